The number of hydrogen-bond donors (Lipinski definition) is 1. The first kappa shape index (κ1) is 16.0. The summed E-state index contributed by atoms with van der Waals surface area (Å²) < 4.78 is 5.27. The molecule has 1 amide bonds. The number of nitrogens with zero attached hydrogens (tertiary/aromatic N) is 1. The smallest absolute Gasteiger partial charge is 0.234 e. The van der Waals surface area contributed by atoms with E-state index in [1.165, 1.54) is 11.1 Å². The van der Waals surface area contributed by atoms with Gasteiger partial charge in [-0.05, 0) is 23.5 Å². The fourth-order valence-corrected chi connectivity index (χ4v) is 2.43. The first-order valence-corrected chi connectivity index (χ1v) is 7.81. The van der Waals surface area contributed by atoms with Crippen LogP contribution in [0.5, 0.6) is 0 Å². The fourth-order valence-electron chi connectivity index (χ4n) is 2.43. The second-order valence-electron chi connectivity index (χ2n) is 5.88. The van der Waals surface area contributed by atoms with E-state index in [2.05, 4.69) is 48.3 Å². The fraction of sp³-hybridized carbons (Fsp3) is 0.588. The zero-order chi connectivity index (χ0) is 15.1. The van der Waals surface area contributed by atoms with Crippen LogP contribution in [-0.2, 0) is 16.0 Å². The van der Waals surface area contributed by atoms with Gasteiger partial charge in [0, 0.05) is 19.6 Å². The molecule has 2 rings (SSSR count). The molecule has 0 spiro atoms. The van der Waals surface area contributed by atoms with Crippen molar-refractivity contribution in [2.45, 2.75) is 26.2 Å². The van der Waals surface area contributed by atoms with Gasteiger partial charge in [-0.2, -0.15) is 0 Å². The highest BCUT2D eigenvalue weighted by Crippen LogP contribution is 2.14. The third-order valence-corrected chi connectivity index (χ3v) is 3.85. The third kappa shape index (κ3) is 5.48. The Labute approximate surface area is 127 Å². The molecule has 21 heavy (non-hydrogen) atoms. The van der Waals surface area contributed by atoms with Crippen LogP contribution in [-0.4, -0.2) is 50.2 Å². The lowest BCUT2D eigenvalue weighted by molar-refractivity contribution is -0.123. The Kier molecular flexibility index (Phi) is 6.21. The average Bonchev–Trinajstić information content (AvgIpc) is 2.49. The minimum absolute atomic E-state index is 0.107. The summed E-state index contributed by atoms with van der Waals surface area (Å²) in [6.45, 7) is 8.74. The highest BCUT2D eigenvalue weighted by Gasteiger charge is 2.13. The Balaban J connectivity index is 1.67. The number of morpholine rings is 1. The normalized spacial score (nSPS) is 16.1. The van der Waals surface area contributed by atoms with Gasteiger partial charge in [0.25, 0.3) is 0 Å². The number of benzene rings is 1. The summed E-state index contributed by atoms with van der Waals surface area (Å²) in [5.74, 6) is 0.669. The first-order chi connectivity index (χ1) is 10.1. The van der Waals surface area contributed by atoms with Gasteiger partial charge < -0.3 is 10.1 Å². The van der Waals surface area contributed by atoms with Crippen LogP contribution in [0.15, 0.2) is 24.3 Å². The van der Waals surface area contributed by atoms with Gasteiger partial charge in [0.1, 0.15) is 0 Å². The molecule has 1 saturated heterocycles. The van der Waals surface area contributed by atoms with Gasteiger partial charge in [-0.15, -0.1) is 0 Å². The zero-order valence-electron chi connectivity index (χ0n) is 13.1. The molecule has 1 aromatic rings. The summed E-state index contributed by atoms with van der Waals surface area (Å²) in [5.41, 5.74) is 2.63. The molecule has 116 valence electrons. The maximum Gasteiger partial charge on any atom is 0.234 e. The van der Waals surface area contributed by atoms with E-state index in [-0.39, 0.29) is 5.91 Å². The zero-order valence-corrected chi connectivity index (χ0v) is 13.1. The molecule has 1 fully saturated rings. The van der Waals surface area contributed by atoms with E-state index >= 15 is 0 Å². The quantitative estimate of drug-likeness (QED) is 0.868. The third-order valence-electron chi connectivity index (χ3n) is 3.85. The standard InChI is InChI=1S/C17H26N2O2/c1-14(2)16-5-3-15(4-6-16)7-8-18-17(20)13-19-9-11-21-12-10-19/h3-6,14H,7-13H2,1-2H3,(H,18,20). The van der Waals surface area contributed by atoms with E-state index in [1.54, 1.807) is 0 Å². The molecule has 4 nitrogen and oxygen atoms in total. The molecule has 1 N–H and O–H groups in total. The van der Waals surface area contributed by atoms with Crippen LogP contribution in [0.3, 0.4) is 0 Å². The van der Waals surface area contributed by atoms with Gasteiger partial charge >= 0.3 is 0 Å². The summed E-state index contributed by atoms with van der Waals surface area (Å²) in [6, 6.07) is 8.66. The van der Waals surface area contributed by atoms with Crippen molar-refractivity contribution in [2.75, 3.05) is 39.4 Å². The van der Waals surface area contributed by atoms with Gasteiger partial charge in [0.2, 0.25) is 5.91 Å². The Morgan fingerprint density at radius 2 is 1.90 bits per heavy atom. The van der Waals surface area contributed by atoms with Crippen LogP contribution < -0.4 is 5.32 Å². The molecule has 0 aliphatic carbocycles. The SMILES string of the molecule is CC(C)c1ccc(CCNC(=O)CN2CCOCC2)cc1. The van der Waals surface area contributed by atoms with Crippen LogP contribution in [0.2, 0.25) is 0 Å². The van der Waals surface area contributed by atoms with Crippen molar-refractivity contribution < 1.29 is 9.53 Å². The Bertz CT molecular complexity index is 437. The molecule has 0 saturated carbocycles. The molecular weight excluding hydrogens is 264 g/mol. The molecular formula is C17H26N2O2. The minimum atomic E-state index is 0.107. The summed E-state index contributed by atoms with van der Waals surface area (Å²) >= 11 is 0. The lowest BCUT2D eigenvalue weighted by atomic mass is 10.0. The lowest BCUT2D eigenvalue weighted by Gasteiger charge is -2.25. The first-order valence-electron chi connectivity index (χ1n) is 7.81. The van der Waals surface area contributed by atoms with Gasteiger partial charge in [0.05, 0.1) is 19.8 Å². The van der Waals surface area contributed by atoms with Crippen LogP contribution in [0.1, 0.15) is 30.9 Å². The van der Waals surface area contributed by atoms with Crippen molar-refractivity contribution in [3.05, 3.63) is 35.4 Å². The van der Waals surface area contributed by atoms with Gasteiger partial charge in [-0.1, -0.05) is 38.1 Å². The number of carbonyl (C=O) groups is 1. The van der Waals surface area contributed by atoms with Crippen molar-refractivity contribution in [3.8, 4) is 0 Å². The largest absolute Gasteiger partial charge is 0.379 e. The van der Waals surface area contributed by atoms with Gasteiger partial charge in [0.15, 0.2) is 0 Å². The second kappa shape index (κ2) is 8.15. The molecule has 0 unspecified atom stereocenters. The van der Waals surface area contributed by atoms with Crippen LogP contribution in [0, 0.1) is 0 Å². The van der Waals surface area contributed by atoms with Crippen molar-refractivity contribution in [1.29, 1.82) is 0 Å². The van der Waals surface area contributed by atoms with E-state index in [1.807, 2.05) is 0 Å². The van der Waals surface area contributed by atoms with E-state index in [9.17, 15) is 4.79 Å². The van der Waals surface area contributed by atoms with Gasteiger partial charge in [-0.25, -0.2) is 0 Å². The average molecular weight is 290 g/mol. The number of rotatable bonds is 6. The van der Waals surface area contributed by atoms with E-state index in [0.29, 0.717) is 19.0 Å². The molecule has 1 aromatic carbocycles. The predicted molar refractivity (Wildman–Crippen MR) is 84.5 cm³/mol. The molecule has 1 aliphatic heterocycles. The summed E-state index contributed by atoms with van der Waals surface area (Å²) in [6.07, 6.45) is 0.882. The number of nitrogens with one attached hydrogen (secondary N) is 1. The van der Waals surface area contributed by atoms with Crippen LogP contribution >= 0.6 is 0 Å². The van der Waals surface area contributed by atoms with Crippen LogP contribution in [0.25, 0.3) is 0 Å². The van der Waals surface area contributed by atoms with Crippen molar-refractivity contribution in [2.24, 2.45) is 0 Å². The summed E-state index contributed by atoms with van der Waals surface area (Å²) in [7, 11) is 0. The van der Waals surface area contributed by atoms with Crippen molar-refractivity contribution >= 4 is 5.91 Å². The molecule has 0 bridgehead atoms. The highest BCUT2D eigenvalue weighted by molar-refractivity contribution is 5.78. The predicted octanol–water partition coefficient (Wildman–Crippen LogP) is 1.80. The number of amides is 1. The lowest BCUT2D eigenvalue weighted by Crippen LogP contribution is -2.43. The Hall–Kier alpha value is -1.39. The van der Waals surface area contributed by atoms with Crippen molar-refractivity contribution in [1.82, 2.24) is 10.2 Å². The highest BCUT2D eigenvalue weighted by atomic mass is 16.5. The summed E-state index contributed by atoms with van der Waals surface area (Å²) in [4.78, 5) is 14.0. The molecule has 0 aromatic heterocycles. The maximum absolute atomic E-state index is 11.9. The molecule has 1 heterocycles. The van der Waals surface area contributed by atoms with E-state index < -0.39 is 0 Å². The molecule has 0 radical (unpaired) electrons. The molecule has 0 atom stereocenters. The van der Waals surface area contributed by atoms with Crippen LogP contribution in [0.4, 0.5) is 0 Å². The monoisotopic (exact) mass is 290 g/mol. The number of carbonyl (C=O) groups excluding carboxylic acids is 1. The van der Waals surface area contributed by atoms with Crippen molar-refractivity contribution in [3.63, 3.8) is 0 Å². The molecule has 4 heteroatoms. The topological polar surface area (TPSA) is 41.6 Å². The number of ether oxygens (including phenoxy) is 1. The minimum Gasteiger partial charge on any atom is -0.379 e. The van der Waals surface area contributed by atoms with E-state index in [4.69, 9.17) is 4.74 Å². The van der Waals surface area contributed by atoms with E-state index in [0.717, 1.165) is 32.7 Å². The Morgan fingerprint density at radius 3 is 2.52 bits per heavy atom. The maximum atomic E-state index is 11.9. The summed E-state index contributed by atoms with van der Waals surface area (Å²) in [5, 5.41) is 2.99. The molecule has 1 aliphatic rings. The Morgan fingerprint density at radius 1 is 1.24 bits per heavy atom. The van der Waals surface area contributed by atoms with Gasteiger partial charge in [-0.3, -0.25) is 9.69 Å². The second-order valence-corrected chi connectivity index (χ2v) is 5.88. The number of hydrogen-bond acceptors (Lipinski definition) is 3.